The zero-order valence-corrected chi connectivity index (χ0v) is 20.9. The number of halogens is 2. The first kappa shape index (κ1) is 24.0. The molecule has 3 rings (SSSR count). The van der Waals surface area contributed by atoms with Gasteiger partial charge in [-0.05, 0) is 66.9 Å². The summed E-state index contributed by atoms with van der Waals surface area (Å²) in [4.78, 5) is 7.25. The van der Waals surface area contributed by atoms with Crippen LogP contribution in [0.4, 0.5) is 0 Å². The third kappa shape index (κ3) is 5.25. The number of nitrogens with one attached hydrogen (secondary N) is 1. The molecule has 0 radical (unpaired) electrons. The van der Waals surface area contributed by atoms with Crippen molar-refractivity contribution in [2.75, 3.05) is 6.54 Å². The highest BCUT2D eigenvalue weighted by Crippen LogP contribution is 2.40. The number of hydrogen-bond donors (Lipinski definition) is 1. The number of nitriles is 1. The van der Waals surface area contributed by atoms with Crippen LogP contribution in [0.25, 0.3) is 6.08 Å². The van der Waals surface area contributed by atoms with E-state index >= 15 is 0 Å². The van der Waals surface area contributed by atoms with Crippen molar-refractivity contribution in [2.24, 2.45) is 16.3 Å². The predicted molar refractivity (Wildman–Crippen MR) is 135 cm³/mol. The Hall–Kier alpha value is -1.61. The third-order valence-electron chi connectivity index (χ3n) is 6.33. The van der Waals surface area contributed by atoms with E-state index in [1.54, 1.807) is 6.07 Å². The van der Waals surface area contributed by atoms with E-state index in [1.807, 2.05) is 23.1 Å². The number of rotatable bonds is 4. The zero-order valence-electron chi connectivity index (χ0n) is 18.6. The van der Waals surface area contributed by atoms with Crippen LogP contribution in [-0.4, -0.2) is 34.0 Å². The number of thiocarbonyl (C=S) groups is 1. The van der Waals surface area contributed by atoms with Gasteiger partial charge in [-0.15, -0.1) is 0 Å². The molecule has 1 aliphatic carbocycles. The van der Waals surface area contributed by atoms with Gasteiger partial charge in [0.05, 0.1) is 12.1 Å². The summed E-state index contributed by atoms with van der Waals surface area (Å²) in [5, 5.41) is 14.6. The van der Waals surface area contributed by atoms with Gasteiger partial charge in [0.15, 0.2) is 5.11 Å². The third-order valence-corrected chi connectivity index (χ3v) is 7.22. The van der Waals surface area contributed by atoms with Gasteiger partial charge in [0, 0.05) is 10.0 Å². The van der Waals surface area contributed by atoms with Crippen molar-refractivity contribution in [2.45, 2.75) is 65.0 Å². The van der Waals surface area contributed by atoms with E-state index in [0.29, 0.717) is 21.1 Å². The lowest BCUT2D eigenvalue weighted by Gasteiger charge is -2.42. The van der Waals surface area contributed by atoms with Crippen LogP contribution in [0.15, 0.2) is 29.3 Å². The van der Waals surface area contributed by atoms with Crippen LogP contribution >= 0.6 is 35.4 Å². The molecule has 1 atom stereocenters. The SMILES string of the molecule is CC1CCC2(CC1)C(=N[C@H](/C=C\c1ccc(Cl)cc1Cl)C(C)(C)C)NC(=S)N2CC#N. The van der Waals surface area contributed by atoms with E-state index < -0.39 is 0 Å². The van der Waals surface area contributed by atoms with Crippen molar-refractivity contribution in [3.63, 3.8) is 0 Å². The summed E-state index contributed by atoms with van der Waals surface area (Å²) in [6, 6.07) is 7.69. The van der Waals surface area contributed by atoms with Crippen molar-refractivity contribution in [1.29, 1.82) is 5.26 Å². The van der Waals surface area contributed by atoms with Crippen LogP contribution < -0.4 is 5.32 Å². The summed E-state index contributed by atoms with van der Waals surface area (Å²) in [6.07, 6.45) is 8.20. The van der Waals surface area contributed by atoms with Gasteiger partial charge in [-0.1, -0.05) is 69.1 Å². The Bertz CT molecular complexity index is 934. The molecule has 1 aromatic carbocycles. The maximum Gasteiger partial charge on any atom is 0.176 e. The first-order chi connectivity index (χ1) is 14.6. The fourth-order valence-corrected chi connectivity index (χ4v) is 5.10. The van der Waals surface area contributed by atoms with Gasteiger partial charge in [-0.25, -0.2) is 0 Å². The molecule has 1 saturated carbocycles. The van der Waals surface area contributed by atoms with Crippen molar-refractivity contribution < 1.29 is 0 Å². The van der Waals surface area contributed by atoms with Gasteiger partial charge in [0.1, 0.15) is 17.9 Å². The molecule has 1 aromatic rings. The minimum absolute atomic E-state index is 0.0946. The number of hydrogen-bond acceptors (Lipinski definition) is 3. The average molecular weight is 478 g/mol. The van der Waals surface area contributed by atoms with Crippen molar-refractivity contribution in [3.05, 3.63) is 39.9 Å². The van der Waals surface area contributed by atoms with Crippen LogP contribution in [0.3, 0.4) is 0 Å². The van der Waals surface area contributed by atoms with Gasteiger partial charge in [-0.3, -0.25) is 4.99 Å². The highest BCUT2D eigenvalue weighted by atomic mass is 35.5. The molecule has 2 aliphatic rings. The smallest absolute Gasteiger partial charge is 0.176 e. The molecule has 2 fully saturated rings. The predicted octanol–water partition coefficient (Wildman–Crippen LogP) is 6.48. The molecule has 0 unspecified atom stereocenters. The number of benzene rings is 1. The van der Waals surface area contributed by atoms with E-state index in [1.165, 1.54) is 0 Å². The molecule has 1 heterocycles. The summed E-state index contributed by atoms with van der Waals surface area (Å²) < 4.78 is 0. The Labute approximate surface area is 201 Å². The number of aliphatic imine (C=N–C) groups is 1. The molecule has 1 aliphatic heterocycles. The fourth-order valence-electron chi connectivity index (χ4n) is 4.30. The lowest BCUT2D eigenvalue weighted by Crippen LogP contribution is -2.52. The van der Waals surface area contributed by atoms with Gasteiger partial charge in [0.25, 0.3) is 0 Å². The second-order valence-corrected chi connectivity index (χ2v) is 10.9. The summed E-state index contributed by atoms with van der Waals surface area (Å²) >= 11 is 18.0. The van der Waals surface area contributed by atoms with Gasteiger partial charge in [-0.2, -0.15) is 5.26 Å². The van der Waals surface area contributed by atoms with Crippen LogP contribution in [0, 0.1) is 22.7 Å². The highest BCUT2D eigenvalue weighted by Gasteiger charge is 2.50. The standard InChI is InChI=1S/C24H30Cl2N4S/c1-16-9-11-24(12-10-16)21(29-22(31)30(24)14-13-27)28-20(23(2,3)4)8-6-17-5-7-18(25)15-19(17)26/h5-8,15-16,20H,9-12,14H2,1-4H3,(H,28,29,31)/b8-6-/t16?,20-,24?/m1/s1. The lowest BCUT2D eigenvalue weighted by atomic mass is 9.75. The summed E-state index contributed by atoms with van der Waals surface area (Å²) in [7, 11) is 0. The van der Waals surface area contributed by atoms with Crippen LogP contribution in [0.2, 0.25) is 10.0 Å². The molecule has 166 valence electrons. The normalized spacial score (nSPS) is 26.5. The fraction of sp³-hybridized carbons (Fsp3) is 0.542. The Morgan fingerprint density at radius 1 is 1.35 bits per heavy atom. The summed E-state index contributed by atoms with van der Waals surface area (Å²) in [5.74, 6) is 1.57. The minimum atomic E-state index is -0.311. The van der Waals surface area contributed by atoms with Crippen molar-refractivity contribution in [1.82, 2.24) is 10.2 Å². The molecule has 7 heteroatoms. The monoisotopic (exact) mass is 476 g/mol. The van der Waals surface area contributed by atoms with E-state index in [0.717, 1.165) is 37.1 Å². The average Bonchev–Trinajstić information content (AvgIpc) is 2.93. The molecule has 0 amide bonds. The topological polar surface area (TPSA) is 51.4 Å². The first-order valence-corrected chi connectivity index (χ1v) is 11.9. The maximum absolute atomic E-state index is 9.41. The number of nitrogens with zero attached hydrogens (tertiary/aromatic N) is 3. The summed E-state index contributed by atoms with van der Waals surface area (Å²) in [5.41, 5.74) is 0.481. The molecule has 1 N–H and O–H groups in total. The van der Waals surface area contributed by atoms with E-state index in [4.69, 9.17) is 40.4 Å². The Balaban J connectivity index is 1.99. The van der Waals surface area contributed by atoms with Crippen LogP contribution in [0.5, 0.6) is 0 Å². The number of amidine groups is 1. The van der Waals surface area contributed by atoms with E-state index in [2.05, 4.69) is 45.2 Å². The highest BCUT2D eigenvalue weighted by molar-refractivity contribution is 7.80. The second kappa shape index (κ2) is 9.48. The molecule has 1 spiro atoms. The van der Waals surface area contributed by atoms with Gasteiger partial charge >= 0.3 is 0 Å². The molecule has 31 heavy (non-hydrogen) atoms. The van der Waals surface area contributed by atoms with Crippen molar-refractivity contribution in [3.8, 4) is 6.07 Å². The van der Waals surface area contributed by atoms with E-state index in [-0.39, 0.29) is 23.5 Å². The van der Waals surface area contributed by atoms with Crippen LogP contribution in [-0.2, 0) is 0 Å². The molecule has 0 bridgehead atoms. The Kier molecular flexibility index (Phi) is 7.35. The molecular weight excluding hydrogens is 447 g/mol. The molecule has 1 saturated heterocycles. The largest absolute Gasteiger partial charge is 0.323 e. The molecule has 0 aromatic heterocycles. The quantitative estimate of drug-likeness (QED) is 0.398. The van der Waals surface area contributed by atoms with Crippen LogP contribution in [0.1, 0.15) is 58.9 Å². The molecular formula is C24H30Cl2N4S. The van der Waals surface area contributed by atoms with E-state index in [9.17, 15) is 5.26 Å². The molecule has 4 nitrogen and oxygen atoms in total. The minimum Gasteiger partial charge on any atom is -0.323 e. The van der Waals surface area contributed by atoms with Gasteiger partial charge in [0.2, 0.25) is 0 Å². The zero-order chi connectivity index (χ0) is 22.8. The maximum atomic E-state index is 9.41. The van der Waals surface area contributed by atoms with Gasteiger partial charge < -0.3 is 10.2 Å². The van der Waals surface area contributed by atoms with Crippen molar-refractivity contribution >= 4 is 52.4 Å². The lowest BCUT2D eigenvalue weighted by molar-refractivity contribution is 0.184. The Morgan fingerprint density at radius 2 is 2.03 bits per heavy atom. The Morgan fingerprint density at radius 3 is 2.61 bits per heavy atom. The summed E-state index contributed by atoms with van der Waals surface area (Å²) in [6.45, 7) is 9.08. The second-order valence-electron chi connectivity index (χ2n) is 9.70. The first-order valence-electron chi connectivity index (χ1n) is 10.7.